The van der Waals surface area contributed by atoms with Crippen LogP contribution in [0.4, 0.5) is 20.2 Å². The molecule has 190 valence electrons. The van der Waals surface area contributed by atoms with E-state index in [1.807, 2.05) is 0 Å². The topological polar surface area (TPSA) is 78.9 Å². The van der Waals surface area contributed by atoms with Crippen LogP contribution in [0.2, 0.25) is 0 Å². The fourth-order valence-electron chi connectivity index (χ4n) is 3.92. The number of rotatable bonds is 8. The molecule has 4 rings (SSSR count). The van der Waals surface area contributed by atoms with E-state index in [1.54, 1.807) is 36.1 Å². The Labute approximate surface area is 217 Å². The van der Waals surface area contributed by atoms with E-state index in [4.69, 9.17) is 17.0 Å². The fraction of sp³-hybridized carbons (Fsp3) is 0.185. The number of benzene rings is 3. The van der Waals surface area contributed by atoms with Gasteiger partial charge in [0.15, 0.2) is 5.11 Å². The first kappa shape index (κ1) is 25.9. The molecule has 1 unspecified atom stereocenters. The molecular weight excluding hydrogens is 500 g/mol. The molecule has 3 aromatic rings. The van der Waals surface area contributed by atoms with E-state index in [1.165, 1.54) is 53.4 Å². The first-order valence-corrected chi connectivity index (χ1v) is 11.9. The number of ether oxygens (including phenoxy) is 1. The molecule has 0 saturated carbocycles. The van der Waals surface area contributed by atoms with Crippen molar-refractivity contribution in [3.05, 3.63) is 95.6 Å². The van der Waals surface area contributed by atoms with Crippen LogP contribution in [0.15, 0.2) is 72.8 Å². The number of halogens is 2. The minimum absolute atomic E-state index is 0.163. The van der Waals surface area contributed by atoms with Crippen molar-refractivity contribution in [2.75, 3.05) is 16.8 Å². The third kappa shape index (κ3) is 5.97. The molecule has 37 heavy (non-hydrogen) atoms. The molecule has 1 saturated heterocycles. The molecular formula is C27H23F2N3O4S. The smallest absolute Gasteiger partial charge is 0.338 e. The van der Waals surface area contributed by atoms with E-state index in [0.717, 1.165) is 0 Å². The molecule has 0 bridgehead atoms. The Morgan fingerprint density at radius 3 is 2.14 bits per heavy atom. The maximum atomic E-state index is 13.5. The molecule has 10 heteroatoms. The van der Waals surface area contributed by atoms with Gasteiger partial charge in [-0.25, -0.2) is 13.6 Å². The Hall–Kier alpha value is -4.18. The number of carbonyl (C=O) groups is 3. The zero-order valence-electron chi connectivity index (χ0n) is 19.8. The molecule has 1 heterocycles. The van der Waals surface area contributed by atoms with Gasteiger partial charge in [0.2, 0.25) is 5.91 Å². The molecule has 0 aromatic heterocycles. The molecule has 1 aliphatic heterocycles. The summed E-state index contributed by atoms with van der Waals surface area (Å²) in [4.78, 5) is 41.3. The van der Waals surface area contributed by atoms with Crippen LogP contribution in [0, 0.1) is 11.6 Å². The van der Waals surface area contributed by atoms with Gasteiger partial charge in [0.1, 0.15) is 17.7 Å². The lowest BCUT2D eigenvalue weighted by molar-refractivity contribution is -0.124. The predicted octanol–water partition coefficient (Wildman–Crippen LogP) is 4.67. The summed E-state index contributed by atoms with van der Waals surface area (Å²) in [5.74, 6) is -2.22. The lowest BCUT2D eigenvalue weighted by Crippen LogP contribution is -2.37. The van der Waals surface area contributed by atoms with Crippen LogP contribution in [0.1, 0.15) is 29.3 Å². The zero-order valence-corrected chi connectivity index (χ0v) is 20.6. The average Bonchev–Trinajstić information content (AvgIpc) is 3.10. The van der Waals surface area contributed by atoms with Crippen molar-refractivity contribution >= 4 is 46.5 Å². The highest BCUT2D eigenvalue weighted by molar-refractivity contribution is 7.80. The summed E-state index contributed by atoms with van der Waals surface area (Å²) < 4.78 is 31.6. The summed E-state index contributed by atoms with van der Waals surface area (Å²) in [6.07, 6.45) is -0.227. The van der Waals surface area contributed by atoms with Crippen molar-refractivity contribution in [1.29, 1.82) is 0 Å². The first-order valence-electron chi connectivity index (χ1n) is 11.5. The van der Waals surface area contributed by atoms with E-state index in [2.05, 4.69) is 5.32 Å². The summed E-state index contributed by atoms with van der Waals surface area (Å²) in [6.45, 7) is 2.10. The van der Waals surface area contributed by atoms with Crippen LogP contribution in [0.25, 0.3) is 0 Å². The Balaban J connectivity index is 1.59. The van der Waals surface area contributed by atoms with Crippen molar-refractivity contribution < 1.29 is 27.9 Å². The van der Waals surface area contributed by atoms with E-state index in [9.17, 15) is 23.2 Å². The quantitative estimate of drug-likeness (QED) is 0.342. The van der Waals surface area contributed by atoms with Gasteiger partial charge in [0.05, 0.1) is 24.3 Å². The molecule has 0 radical (unpaired) electrons. The number of hydrogen-bond acceptors (Lipinski definition) is 5. The average molecular weight is 524 g/mol. The standard InChI is InChI=1S/C27H23F2N3O4S/c1-2-36-26(35)18-5-13-22(14-6-18)32-25(34)23(15-24(33)30-21-11-9-20(29)10-12-21)31(27(32)37)16-17-3-7-19(28)8-4-17/h3-14,23H,2,15-16H2,1H3,(H,30,33). The van der Waals surface area contributed by atoms with E-state index < -0.39 is 35.5 Å². The Morgan fingerprint density at radius 1 is 0.946 bits per heavy atom. The second-order valence-corrected chi connectivity index (χ2v) is 8.62. The molecule has 3 aromatic carbocycles. The lowest BCUT2D eigenvalue weighted by atomic mass is 10.1. The molecule has 2 amide bonds. The van der Waals surface area contributed by atoms with Crippen LogP contribution in [0.5, 0.6) is 0 Å². The second kappa shape index (κ2) is 11.3. The van der Waals surface area contributed by atoms with Gasteiger partial charge in [0.25, 0.3) is 5.91 Å². The molecule has 1 aliphatic rings. The molecule has 7 nitrogen and oxygen atoms in total. The van der Waals surface area contributed by atoms with Gasteiger partial charge in [0, 0.05) is 12.2 Å². The molecule has 0 spiro atoms. The third-order valence-electron chi connectivity index (χ3n) is 5.73. The number of thiocarbonyl (C=S) groups is 1. The van der Waals surface area contributed by atoms with Gasteiger partial charge >= 0.3 is 5.97 Å². The predicted molar refractivity (Wildman–Crippen MR) is 138 cm³/mol. The number of carbonyl (C=O) groups excluding carboxylic acids is 3. The summed E-state index contributed by atoms with van der Waals surface area (Å²) >= 11 is 5.64. The monoisotopic (exact) mass is 523 g/mol. The molecule has 1 fully saturated rings. The number of amides is 2. The minimum Gasteiger partial charge on any atom is -0.462 e. The largest absolute Gasteiger partial charge is 0.462 e. The van der Waals surface area contributed by atoms with Gasteiger partial charge in [-0.2, -0.15) is 0 Å². The normalized spacial score (nSPS) is 15.2. The number of hydrogen-bond donors (Lipinski definition) is 1. The highest BCUT2D eigenvalue weighted by atomic mass is 32.1. The van der Waals surface area contributed by atoms with Crippen molar-refractivity contribution in [3.63, 3.8) is 0 Å². The summed E-state index contributed by atoms with van der Waals surface area (Å²) in [5.41, 5.74) is 1.83. The summed E-state index contributed by atoms with van der Waals surface area (Å²) in [5, 5.41) is 2.83. The highest BCUT2D eigenvalue weighted by Crippen LogP contribution is 2.29. The molecule has 1 N–H and O–H groups in total. The highest BCUT2D eigenvalue weighted by Gasteiger charge is 2.44. The molecule has 0 aliphatic carbocycles. The number of nitrogens with one attached hydrogen (secondary N) is 1. The zero-order chi connectivity index (χ0) is 26.5. The van der Waals surface area contributed by atoms with E-state index >= 15 is 0 Å². The van der Waals surface area contributed by atoms with Crippen LogP contribution in [0.3, 0.4) is 0 Å². The number of nitrogens with zero attached hydrogens (tertiary/aromatic N) is 2. The van der Waals surface area contributed by atoms with Gasteiger partial charge in [-0.3, -0.25) is 14.5 Å². The second-order valence-electron chi connectivity index (χ2n) is 8.25. The van der Waals surface area contributed by atoms with Crippen molar-refractivity contribution in [2.24, 2.45) is 0 Å². The number of anilines is 2. The minimum atomic E-state index is -0.942. The molecule has 1 atom stereocenters. The Bertz CT molecular complexity index is 1310. The lowest BCUT2D eigenvalue weighted by Gasteiger charge is -2.24. The Morgan fingerprint density at radius 2 is 1.54 bits per heavy atom. The number of esters is 1. The SMILES string of the molecule is CCOC(=O)c1ccc(N2C(=O)C(CC(=O)Nc3ccc(F)cc3)N(Cc3ccc(F)cc3)C2=S)cc1. The maximum absolute atomic E-state index is 13.5. The maximum Gasteiger partial charge on any atom is 0.338 e. The van der Waals surface area contributed by atoms with Gasteiger partial charge in [-0.15, -0.1) is 0 Å². The first-order chi connectivity index (χ1) is 17.8. The fourth-order valence-corrected chi connectivity index (χ4v) is 4.31. The van der Waals surface area contributed by atoms with Crippen LogP contribution >= 0.6 is 12.2 Å². The van der Waals surface area contributed by atoms with Gasteiger partial charge in [-0.1, -0.05) is 12.1 Å². The summed E-state index contributed by atoms with van der Waals surface area (Å²) in [7, 11) is 0. The van der Waals surface area contributed by atoms with Crippen molar-refractivity contribution in [1.82, 2.24) is 4.90 Å². The van der Waals surface area contributed by atoms with Crippen molar-refractivity contribution in [3.8, 4) is 0 Å². The van der Waals surface area contributed by atoms with E-state index in [-0.39, 0.29) is 24.7 Å². The summed E-state index contributed by atoms with van der Waals surface area (Å²) in [6, 6.07) is 16.3. The van der Waals surface area contributed by atoms with Crippen molar-refractivity contribution in [2.45, 2.75) is 25.9 Å². The van der Waals surface area contributed by atoms with E-state index in [0.29, 0.717) is 22.5 Å². The van der Waals surface area contributed by atoms with Crippen LogP contribution < -0.4 is 10.2 Å². The van der Waals surface area contributed by atoms with Gasteiger partial charge in [-0.05, 0) is 85.4 Å². The Kier molecular flexibility index (Phi) is 7.88. The van der Waals surface area contributed by atoms with Crippen LogP contribution in [-0.2, 0) is 20.9 Å². The van der Waals surface area contributed by atoms with Gasteiger partial charge < -0.3 is 15.0 Å². The van der Waals surface area contributed by atoms with Crippen LogP contribution in [-0.4, -0.2) is 40.4 Å². The third-order valence-corrected chi connectivity index (χ3v) is 6.15.